The highest BCUT2D eigenvalue weighted by molar-refractivity contribution is 7.92. The number of hydrogen-bond donors (Lipinski definition) is 1. The summed E-state index contributed by atoms with van der Waals surface area (Å²) in [6.07, 6.45) is 1.56. The minimum Gasteiger partial charge on any atom is -0.322 e. The Labute approximate surface area is 188 Å². The summed E-state index contributed by atoms with van der Waals surface area (Å²) in [5, 5.41) is 2.73. The van der Waals surface area contributed by atoms with Gasteiger partial charge in [0.25, 0.3) is 15.9 Å². The second kappa shape index (κ2) is 10.2. The molecule has 6 nitrogen and oxygen atoms in total. The Balaban J connectivity index is 1.90. The van der Waals surface area contributed by atoms with Gasteiger partial charge in [-0.25, -0.2) is 8.42 Å². The monoisotopic (exact) mass is 450 g/mol. The number of amides is 1. The Bertz CT molecular complexity index is 1210. The van der Waals surface area contributed by atoms with Gasteiger partial charge >= 0.3 is 0 Å². The quantitative estimate of drug-likeness (QED) is 0.458. The van der Waals surface area contributed by atoms with Crippen LogP contribution in [0.4, 0.5) is 11.4 Å². The van der Waals surface area contributed by atoms with Gasteiger partial charge in [-0.1, -0.05) is 49.7 Å². The number of benzene rings is 3. The summed E-state index contributed by atoms with van der Waals surface area (Å²) < 4.78 is 28.3. The summed E-state index contributed by atoms with van der Waals surface area (Å²) in [4.78, 5) is 24.4. The number of para-hydroxylation sites is 1. The molecule has 32 heavy (non-hydrogen) atoms. The van der Waals surface area contributed by atoms with Crippen LogP contribution in [0, 0.1) is 0 Å². The van der Waals surface area contributed by atoms with Gasteiger partial charge in [-0.2, -0.15) is 0 Å². The van der Waals surface area contributed by atoms with Crippen molar-refractivity contribution in [2.45, 2.75) is 31.6 Å². The lowest BCUT2D eigenvalue weighted by molar-refractivity contribution is 0.101. The highest BCUT2D eigenvalue weighted by atomic mass is 32.2. The van der Waals surface area contributed by atoms with Crippen LogP contribution in [0.15, 0.2) is 83.8 Å². The highest BCUT2D eigenvalue weighted by Gasteiger charge is 2.25. The zero-order chi connectivity index (χ0) is 23.1. The molecule has 0 atom stereocenters. The number of nitrogens with zero attached hydrogens (tertiary/aromatic N) is 1. The topological polar surface area (TPSA) is 83.6 Å². The smallest absolute Gasteiger partial charge is 0.264 e. The maximum absolute atomic E-state index is 13.4. The first-order chi connectivity index (χ1) is 15.3. The van der Waals surface area contributed by atoms with E-state index in [4.69, 9.17) is 0 Å². The largest absolute Gasteiger partial charge is 0.322 e. The van der Waals surface area contributed by atoms with Gasteiger partial charge in [0.15, 0.2) is 5.78 Å². The van der Waals surface area contributed by atoms with Crippen LogP contribution >= 0.6 is 0 Å². The molecule has 0 aliphatic carbocycles. The van der Waals surface area contributed by atoms with Gasteiger partial charge in [0, 0.05) is 23.4 Å². The van der Waals surface area contributed by atoms with Crippen LogP contribution in [0.5, 0.6) is 0 Å². The van der Waals surface area contributed by atoms with Crippen LogP contribution in [0.25, 0.3) is 0 Å². The number of anilines is 2. The van der Waals surface area contributed by atoms with Crippen LogP contribution in [-0.4, -0.2) is 26.7 Å². The van der Waals surface area contributed by atoms with Crippen molar-refractivity contribution < 1.29 is 18.0 Å². The lowest BCUT2D eigenvalue weighted by Crippen LogP contribution is -2.32. The zero-order valence-electron chi connectivity index (χ0n) is 18.1. The molecule has 0 aromatic heterocycles. The average molecular weight is 451 g/mol. The van der Waals surface area contributed by atoms with E-state index < -0.39 is 15.9 Å². The molecule has 1 N–H and O–H groups in total. The summed E-state index contributed by atoms with van der Waals surface area (Å²) in [7, 11) is -3.86. The van der Waals surface area contributed by atoms with Crippen molar-refractivity contribution in [2.24, 2.45) is 0 Å². The van der Waals surface area contributed by atoms with Gasteiger partial charge in [0.1, 0.15) is 0 Å². The first-order valence-electron chi connectivity index (χ1n) is 10.4. The Kier molecular flexibility index (Phi) is 7.43. The molecular weight excluding hydrogens is 424 g/mol. The van der Waals surface area contributed by atoms with E-state index in [0.29, 0.717) is 29.9 Å². The SMILES string of the molecule is CCCCN(c1ccccc1)S(=O)(=O)c1cccc(C(=O)Nc2cccc(C(C)=O)c2)c1. The third-order valence-electron chi connectivity index (χ3n) is 4.97. The van der Waals surface area contributed by atoms with Gasteiger partial charge in [-0.3, -0.25) is 13.9 Å². The normalized spacial score (nSPS) is 11.1. The molecule has 3 aromatic rings. The van der Waals surface area contributed by atoms with Crippen molar-refractivity contribution in [3.8, 4) is 0 Å². The number of unbranched alkanes of at least 4 members (excludes halogenated alkanes) is 1. The molecule has 3 rings (SSSR count). The third-order valence-corrected chi connectivity index (χ3v) is 6.79. The van der Waals surface area contributed by atoms with E-state index in [2.05, 4.69) is 5.32 Å². The molecule has 0 saturated heterocycles. The van der Waals surface area contributed by atoms with Gasteiger partial charge in [0.2, 0.25) is 0 Å². The molecule has 0 aliphatic heterocycles. The number of rotatable bonds is 9. The zero-order valence-corrected chi connectivity index (χ0v) is 18.9. The summed E-state index contributed by atoms with van der Waals surface area (Å²) in [6, 6.07) is 21.5. The number of carbonyl (C=O) groups is 2. The van der Waals surface area contributed by atoms with Crippen LogP contribution in [0.1, 0.15) is 47.4 Å². The minimum atomic E-state index is -3.86. The molecule has 3 aromatic carbocycles. The number of carbonyl (C=O) groups excluding carboxylic acids is 2. The Hall–Kier alpha value is -3.45. The molecule has 166 valence electrons. The van der Waals surface area contributed by atoms with Crippen LogP contribution in [-0.2, 0) is 10.0 Å². The van der Waals surface area contributed by atoms with E-state index >= 15 is 0 Å². The van der Waals surface area contributed by atoms with Crippen LogP contribution in [0.3, 0.4) is 0 Å². The Morgan fingerprint density at radius 1 is 0.875 bits per heavy atom. The van der Waals surface area contributed by atoms with Crippen molar-refractivity contribution >= 4 is 33.1 Å². The maximum atomic E-state index is 13.4. The van der Waals surface area contributed by atoms with E-state index in [0.717, 1.165) is 6.42 Å². The fraction of sp³-hybridized carbons (Fsp3) is 0.200. The van der Waals surface area contributed by atoms with E-state index in [1.165, 1.54) is 23.4 Å². The van der Waals surface area contributed by atoms with E-state index in [9.17, 15) is 18.0 Å². The van der Waals surface area contributed by atoms with Crippen molar-refractivity contribution in [1.29, 1.82) is 0 Å². The molecule has 0 unspecified atom stereocenters. The summed E-state index contributed by atoms with van der Waals surface area (Å²) in [5.74, 6) is -0.565. The lowest BCUT2D eigenvalue weighted by atomic mass is 10.1. The molecular formula is C25H26N2O4S. The predicted octanol–water partition coefficient (Wildman–Crippen LogP) is 5.14. The van der Waals surface area contributed by atoms with E-state index in [-0.39, 0.29) is 16.2 Å². The third kappa shape index (κ3) is 5.42. The molecule has 0 fully saturated rings. The van der Waals surface area contributed by atoms with Crippen LogP contribution in [0.2, 0.25) is 0 Å². The maximum Gasteiger partial charge on any atom is 0.264 e. The lowest BCUT2D eigenvalue weighted by Gasteiger charge is -2.24. The molecule has 0 heterocycles. The highest BCUT2D eigenvalue weighted by Crippen LogP contribution is 2.25. The first kappa shape index (κ1) is 23.2. The average Bonchev–Trinajstić information content (AvgIpc) is 2.80. The number of sulfonamides is 1. The summed E-state index contributed by atoms with van der Waals surface area (Å²) >= 11 is 0. The fourth-order valence-corrected chi connectivity index (χ4v) is 4.78. The second-order valence-electron chi connectivity index (χ2n) is 7.39. The summed E-state index contributed by atoms with van der Waals surface area (Å²) in [5.41, 5.74) is 1.73. The minimum absolute atomic E-state index is 0.0441. The Morgan fingerprint density at radius 2 is 1.56 bits per heavy atom. The van der Waals surface area contributed by atoms with Gasteiger partial charge in [-0.15, -0.1) is 0 Å². The molecule has 1 amide bonds. The standard InChI is InChI=1S/C25H26N2O4S/c1-3-4-16-27(23-13-6-5-7-14-23)32(30,31)24-15-9-11-21(18-24)25(29)26-22-12-8-10-20(17-22)19(2)28/h5-15,17-18H,3-4,16H2,1-2H3,(H,26,29). The summed E-state index contributed by atoms with van der Waals surface area (Å²) in [6.45, 7) is 3.80. The number of ketones is 1. The first-order valence-corrected chi connectivity index (χ1v) is 11.9. The molecule has 7 heteroatoms. The number of hydrogen-bond acceptors (Lipinski definition) is 4. The van der Waals surface area contributed by atoms with E-state index in [1.54, 1.807) is 60.7 Å². The molecule has 0 radical (unpaired) electrons. The molecule has 0 bridgehead atoms. The predicted molar refractivity (Wildman–Crippen MR) is 127 cm³/mol. The van der Waals surface area contributed by atoms with Crippen molar-refractivity contribution in [1.82, 2.24) is 0 Å². The molecule has 0 aliphatic rings. The van der Waals surface area contributed by atoms with Gasteiger partial charge < -0.3 is 5.32 Å². The Morgan fingerprint density at radius 3 is 2.25 bits per heavy atom. The number of Topliss-reactive ketones (excluding diaryl/α,β-unsaturated/α-hetero) is 1. The second-order valence-corrected chi connectivity index (χ2v) is 9.25. The molecule has 0 spiro atoms. The van der Waals surface area contributed by atoms with Gasteiger partial charge in [-0.05, 0) is 55.8 Å². The van der Waals surface area contributed by atoms with Crippen LogP contribution < -0.4 is 9.62 Å². The van der Waals surface area contributed by atoms with Crippen molar-refractivity contribution in [3.63, 3.8) is 0 Å². The van der Waals surface area contributed by atoms with Crippen molar-refractivity contribution in [2.75, 3.05) is 16.2 Å². The number of nitrogens with one attached hydrogen (secondary N) is 1. The fourth-order valence-electron chi connectivity index (χ4n) is 3.23. The van der Waals surface area contributed by atoms with Crippen molar-refractivity contribution in [3.05, 3.63) is 90.0 Å². The van der Waals surface area contributed by atoms with E-state index in [1.807, 2.05) is 13.0 Å². The molecule has 0 saturated carbocycles. The van der Waals surface area contributed by atoms with Gasteiger partial charge in [0.05, 0.1) is 10.6 Å².